The summed E-state index contributed by atoms with van der Waals surface area (Å²) in [6, 6.07) is 7.30. The van der Waals surface area contributed by atoms with Gasteiger partial charge in [-0.3, -0.25) is 10.3 Å². The van der Waals surface area contributed by atoms with Gasteiger partial charge in [0.15, 0.2) is 5.82 Å². The van der Waals surface area contributed by atoms with Crippen molar-refractivity contribution in [2.75, 3.05) is 6.61 Å². The Morgan fingerprint density at radius 3 is 2.56 bits per heavy atom. The first-order valence-corrected chi connectivity index (χ1v) is 12.0. The minimum atomic E-state index is -4.41. The zero-order valence-corrected chi connectivity index (χ0v) is 20.6. The van der Waals surface area contributed by atoms with E-state index in [1.165, 1.54) is 22.9 Å². The number of halogens is 6. The molecule has 0 spiro atoms. The lowest BCUT2D eigenvalue weighted by Crippen LogP contribution is -2.33. The molecule has 1 aromatic heterocycles. The van der Waals surface area contributed by atoms with E-state index in [1.807, 2.05) is 0 Å². The molecule has 36 heavy (non-hydrogen) atoms. The maximum atomic E-state index is 14.8. The summed E-state index contributed by atoms with van der Waals surface area (Å²) >= 11 is 12.8. The fourth-order valence-electron chi connectivity index (χ4n) is 4.27. The summed E-state index contributed by atoms with van der Waals surface area (Å²) in [5.41, 5.74) is 3.94. The third kappa shape index (κ3) is 4.79. The first-order valence-electron chi connectivity index (χ1n) is 11.3. The quantitative estimate of drug-likeness (QED) is 0.356. The van der Waals surface area contributed by atoms with Crippen LogP contribution in [0.1, 0.15) is 42.1 Å². The molecule has 1 atom stereocenters. The zero-order valence-electron chi connectivity index (χ0n) is 19.1. The highest BCUT2D eigenvalue weighted by Gasteiger charge is 2.33. The second-order valence-electron chi connectivity index (χ2n) is 9.01. The largest absolute Gasteiger partial charge is 0.488 e. The predicted octanol–water partition coefficient (Wildman–Crippen LogP) is 6.93. The molecule has 0 amide bonds. The van der Waals surface area contributed by atoms with Gasteiger partial charge in [-0.1, -0.05) is 35.3 Å². The van der Waals surface area contributed by atoms with Gasteiger partial charge in [-0.2, -0.15) is 18.3 Å². The highest BCUT2D eigenvalue weighted by Crippen LogP contribution is 2.36. The van der Waals surface area contributed by atoms with Gasteiger partial charge in [-0.25, -0.2) is 9.07 Å². The maximum Gasteiger partial charge on any atom is 0.416 e. The smallest absolute Gasteiger partial charge is 0.416 e. The Bertz CT molecular complexity index is 1340. The molecule has 0 fully saturated rings. The molecule has 0 radical (unpaired) electrons. The second-order valence-corrected chi connectivity index (χ2v) is 9.77. The molecular weight excluding hydrogens is 521 g/mol. The van der Waals surface area contributed by atoms with Crippen molar-refractivity contribution >= 4 is 28.9 Å². The Morgan fingerprint density at radius 1 is 1.14 bits per heavy atom. The second kappa shape index (κ2) is 9.28. The number of ether oxygens (including phenoxy) is 1. The van der Waals surface area contributed by atoms with Gasteiger partial charge >= 0.3 is 6.18 Å². The number of nitrogens with one attached hydrogen (secondary N) is 1. The maximum absolute atomic E-state index is 14.8. The molecule has 5 nitrogen and oxygen atoms in total. The van der Waals surface area contributed by atoms with Gasteiger partial charge in [0.25, 0.3) is 0 Å². The van der Waals surface area contributed by atoms with Gasteiger partial charge in [0.2, 0.25) is 0 Å². The van der Waals surface area contributed by atoms with E-state index in [1.54, 1.807) is 13.0 Å². The molecule has 0 saturated heterocycles. The number of nitrogens with zero attached hydrogens (tertiary/aromatic N) is 2. The summed E-state index contributed by atoms with van der Waals surface area (Å²) in [6.45, 7) is 1.71. The van der Waals surface area contributed by atoms with Crippen LogP contribution in [0.4, 0.5) is 17.6 Å². The van der Waals surface area contributed by atoms with Crippen LogP contribution in [0.5, 0.6) is 5.75 Å². The number of alkyl halides is 3. The number of hydroxylamine groups is 1. The standard InChI is InChI=1S/C25H21Cl2F4N3O2/c1-24(12-20(33-36-24)14-6-8-15(9-7-14)25(29,30)31)13-35-22-11-21(18(28)10-17(22)26)34-23(27)16-4-2-3-5-19(16)32-34/h6-12,33H,2-5,13H2,1H3. The molecule has 11 heteroatoms. The van der Waals surface area contributed by atoms with Gasteiger partial charge in [0, 0.05) is 11.6 Å². The molecule has 190 valence electrons. The molecular formula is C25H21Cl2F4N3O2. The number of hydrogen-bond donors (Lipinski definition) is 1. The normalized spacial score (nSPS) is 19.6. The number of hydrogen-bond acceptors (Lipinski definition) is 4. The van der Waals surface area contributed by atoms with E-state index in [0.29, 0.717) is 16.4 Å². The van der Waals surface area contributed by atoms with Crippen LogP contribution in [0, 0.1) is 5.82 Å². The molecule has 0 saturated carbocycles. The van der Waals surface area contributed by atoms with E-state index < -0.39 is 23.2 Å². The van der Waals surface area contributed by atoms with Gasteiger partial charge in [-0.15, -0.1) is 0 Å². The Morgan fingerprint density at radius 2 is 1.86 bits per heavy atom. The van der Waals surface area contributed by atoms with Crippen molar-refractivity contribution in [3.63, 3.8) is 0 Å². The number of benzene rings is 2. The Balaban J connectivity index is 1.35. The van der Waals surface area contributed by atoms with Crippen molar-refractivity contribution in [3.05, 3.63) is 80.9 Å². The highest BCUT2D eigenvalue weighted by molar-refractivity contribution is 6.32. The van der Waals surface area contributed by atoms with E-state index in [0.717, 1.165) is 55.1 Å². The Hall–Kier alpha value is -2.75. The third-order valence-corrected chi connectivity index (χ3v) is 6.89. The molecule has 2 aromatic carbocycles. The molecule has 5 rings (SSSR count). The van der Waals surface area contributed by atoms with Crippen molar-refractivity contribution in [3.8, 4) is 11.4 Å². The highest BCUT2D eigenvalue weighted by atomic mass is 35.5. The van der Waals surface area contributed by atoms with Crippen molar-refractivity contribution in [1.29, 1.82) is 0 Å². The number of fused-ring (bicyclic) bond motifs is 1. The molecule has 2 aliphatic rings. The van der Waals surface area contributed by atoms with E-state index >= 15 is 0 Å². The molecule has 2 heterocycles. The van der Waals surface area contributed by atoms with Crippen molar-refractivity contribution in [2.45, 2.75) is 44.4 Å². The van der Waals surface area contributed by atoms with Crippen LogP contribution in [0.2, 0.25) is 10.2 Å². The van der Waals surface area contributed by atoms with E-state index in [4.69, 9.17) is 32.8 Å². The number of rotatable bonds is 5. The van der Waals surface area contributed by atoms with Gasteiger partial charge < -0.3 is 4.74 Å². The topological polar surface area (TPSA) is 48.3 Å². The lowest BCUT2D eigenvalue weighted by Gasteiger charge is -2.21. The lowest BCUT2D eigenvalue weighted by molar-refractivity contribution is -0.137. The minimum Gasteiger partial charge on any atom is -0.488 e. The Labute approximate surface area is 214 Å². The SMILES string of the molecule is CC1(COc2cc(-n3nc4c(c3Cl)CCCC4)c(F)cc2Cl)C=C(c2ccc(C(F)(F)F)cc2)NO1. The summed E-state index contributed by atoms with van der Waals surface area (Å²) in [6.07, 6.45) is 0.880. The van der Waals surface area contributed by atoms with E-state index in [9.17, 15) is 17.6 Å². The summed E-state index contributed by atoms with van der Waals surface area (Å²) < 4.78 is 60.6. The first-order chi connectivity index (χ1) is 17.0. The van der Waals surface area contributed by atoms with Crippen LogP contribution in [-0.4, -0.2) is 22.0 Å². The van der Waals surface area contributed by atoms with Crippen LogP contribution in [0.15, 0.2) is 42.5 Å². The van der Waals surface area contributed by atoms with Crippen LogP contribution in [0.25, 0.3) is 11.4 Å². The average Bonchev–Trinajstić information content (AvgIpc) is 3.39. The summed E-state index contributed by atoms with van der Waals surface area (Å²) in [5.74, 6) is -0.387. The van der Waals surface area contributed by atoms with Gasteiger partial charge in [-0.05, 0) is 62.4 Å². The fourth-order valence-corrected chi connectivity index (χ4v) is 4.81. The van der Waals surface area contributed by atoms with E-state index in [-0.39, 0.29) is 23.1 Å². The molecule has 1 unspecified atom stereocenters. The van der Waals surface area contributed by atoms with Crippen molar-refractivity contribution in [2.24, 2.45) is 0 Å². The van der Waals surface area contributed by atoms with Crippen LogP contribution < -0.4 is 10.2 Å². The molecule has 1 aliphatic heterocycles. The summed E-state index contributed by atoms with van der Waals surface area (Å²) in [5, 5.41) is 4.93. The van der Waals surface area contributed by atoms with Gasteiger partial charge in [0.1, 0.15) is 28.8 Å². The average molecular weight is 542 g/mol. The van der Waals surface area contributed by atoms with Crippen LogP contribution in [0.3, 0.4) is 0 Å². The predicted molar refractivity (Wildman–Crippen MR) is 128 cm³/mol. The minimum absolute atomic E-state index is 0.0156. The molecule has 1 aliphatic carbocycles. The van der Waals surface area contributed by atoms with Gasteiger partial charge in [0.05, 0.1) is 22.0 Å². The molecule has 0 bridgehead atoms. The van der Waals surface area contributed by atoms with E-state index in [2.05, 4.69) is 10.6 Å². The third-order valence-electron chi connectivity index (χ3n) is 6.21. The Kier molecular flexibility index (Phi) is 6.43. The number of aryl methyl sites for hydroxylation is 1. The van der Waals surface area contributed by atoms with Crippen LogP contribution >= 0.6 is 23.2 Å². The monoisotopic (exact) mass is 541 g/mol. The summed E-state index contributed by atoms with van der Waals surface area (Å²) in [7, 11) is 0. The molecule has 3 aromatic rings. The number of aromatic nitrogens is 2. The summed E-state index contributed by atoms with van der Waals surface area (Å²) in [4.78, 5) is 5.63. The zero-order chi connectivity index (χ0) is 25.7. The lowest BCUT2D eigenvalue weighted by atomic mass is 9.99. The van der Waals surface area contributed by atoms with Crippen molar-refractivity contribution in [1.82, 2.24) is 15.3 Å². The molecule has 1 N–H and O–H groups in total. The van der Waals surface area contributed by atoms with Crippen LogP contribution in [-0.2, 0) is 23.9 Å². The van der Waals surface area contributed by atoms with Crippen molar-refractivity contribution < 1.29 is 27.1 Å². The fraction of sp³-hybridized carbons (Fsp3) is 0.320. The first kappa shape index (κ1) is 24.9.